The van der Waals surface area contributed by atoms with Gasteiger partial charge in [-0.15, -0.1) is 6.58 Å². The van der Waals surface area contributed by atoms with Gasteiger partial charge in [-0.05, 0) is 0 Å². The molecule has 1 saturated heterocycles. The molecule has 0 bridgehead atoms. The Labute approximate surface area is 218 Å². The molecule has 0 spiro atoms. The van der Waals surface area contributed by atoms with Crippen LogP contribution in [0.3, 0.4) is 0 Å². The first kappa shape index (κ1) is 24.6. The number of alkyl halides is 2. The zero-order valence-corrected chi connectivity index (χ0v) is 23.1. The Kier molecular flexibility index (Phi) is 6.19. The van der Waals surface area contributed by atoms with Gasteiger partial charge in [0.05, 0.1) is 0 Å². The fourth-order valence-electron chi connectivity index (χ4n) is 4.90. The molecule has 2 atom stereocenters. The van der Waals surface area contributed by atoms with Gasteiger partial charge in [0, 0.05) is 0 Å². The van der Waals surface area contributed by atoms with Gasteiger partial charge in [0.1, 0.15) is 0 Å². The van der Waals surface area contributed by atoms with Crippen molar-refractivity contribution in [1.82, 2.24) is 5.32 Å². The molecule has 5 nitrogen and oxygen atoms in total. The second-order valence-electron chi connectivity index (χ2n) is 9.81. The number of aliphatic carboxylic acids is 1. The predicted molar refractivity (Wildman–Crippen MR) is 154 cm³/mol. The summed E-state index contributed by atoms with van der Waals surface area (Å²) in [7, 11) is 0. The van der Waals surface area contributed by atoms with Gasteiger partial charge in [0.15, 0.2) is 0 Å². The third kappa shape index (κ3) is 4.21. The van der Waals surface area contributed by atoms with E-state index in [-0.39, 0.29) is 14.9 Å². The van der Waals surface area contributed by atoms with Crippen LogP contribution in [0.1, 0.15) is 42.1 Å². The molecular weight excluding hydrogens is 565 g/mol. The molecule has 3 heterocycles. The van der Waals surface area contributed by atoms with Crippen LogP contribution in [0.2, 0.25) is 0 Å². The molecule has 0 saturated carbocycles. The molecule has 6 heteroatoms. The van der Waals surface area contributed by atoms with Gasteiger partial charge in [0.25, 0.3) is 0 Å². The molecule has 5 rings (SSSR count). The number of benzene rings is 2. The van der Waals surface area contributed by atoms with Crippen molar-refractivity contribution in [2.24, 2.45) is 0 Å². The van der Waals surface area contributed by atoms with Crippen LogP contribution in [0.25, 0.3) is 22.3 Å². The molecule has 3 aromatic rings. The second kappa shape index (κ2) is 9.07. The van der Waals surface area contributed by atoms with Gasteiger partial charge in [0.2, 0.25) is 0 Å². The van der Waals surface area contributed by atoms with Gasteiger partial charge in [-0.25, -0.2) is 0 Å². The average Bonchev–Trinajstić information content (AvgIpc) is 3.52. The Morgan fingerprint density at radius 3 is 2.81 bits per heavy atom. The number of hydrogen-bond acceptors (Lipinski definition) is 4. The number of allylic oxidation sites excluding steroid dienone is 3. The van der Waals surface area contributed by atoms with Crippen molar-refractivity contribution in [3.8, 4) is 11.3 Å². The van der Waals surface area contributed by atoms with Crippen LogP contribution in [0.5, 0.6) is 0 Å². The van der Waals surface area contributed by atoms with E-state index in [2.05, 4.69) is 24.9 Å². The van der Waals surface area contributed by atoms with Crippen molar-refractivity contribution in [3.05, 3.63) is 103 Å². The molecule has 1 fully saturated rings. The summed E-state index contributed by atoms with van der Waals surface area (Å²) in [4.78, 5) is 25.6. The summed E-state index contributed by atoms with van der Waals surface area (Å²) in [6.45, 7) is 11.7. The van der Waals surface area contributed by atoms with Crippen LogP contribution in [-0.4, -0.2) is 18.9 Å². The number of carbonyl (C=O) groups is 1. The van der Waals surface area contributed by atoms with Crippen molar-refractivity contribution >= 4 is 36.8 Å². The van der Waals surface area contributed by atoms with Gasteiger partial charge in [-0.3, -0.25) is 0 Å². The van der Waals surface area contributed by atoms with Crippen LogP contribution in [-0.2, 0) is 11.2 Å². The topological polar surface area (TPSA) is 79.5 Å². The molecule has 36 heavy (non-hydrogen) atoms. The fraction of sp³-hybridized carbons (Fsp3) is 0.267. The Bertz CT molecular complexity index is 1550. The molecule has 2 aliphatic rings. The summed E-state index contributed by atoms with van der Waals surface area (Å²) in [5.41, 5.74) is 5.48. The molecular formula is C30H30INO4. The van der Waals surface area contributed by atoms with E-state index in [4.69, 9.17) is 4.42 Å². The second-order valence-corrected chi connectivity index (χ2v) is 16.2. The first-order valence-electron chi connectivity index (χ1n) is 12.0. The van der Waals surface area contributed by atoms with E-state index < -0.39 is 25.8 Å². The molecule has 0 aliphatic carbocycles. The Balaban J connectivity index is 1.63. The van der Waals surface area contributed by atoms with Crippen molar-refractivity contribution < 1.29 is 14.3 Å². The zero-order chi connectivity index (χ0) is 25.8. The van der Waals surface area contributed by atoms with E-state index in [0.717, 1.165) is 33.1 Å². The first-order valence-corrected chi connectivity index (χ1v) is 15.7. The molecule has 1 aromatic heterocycles. The number of carboxylic acid groups (broad SMARTS) is 1. The standard InChI is InChI=1S/C30H30INO4/c1-6-8-20-9-7-10-21(15-20)27-18(3)26(33)23-14-17(2)13-22(28(23)36-27)19(4)32-24-11-12-30(5)16-31(30)25(24)29(34)35/h6-7,9-15,19,32H,1,8,16H2,2-5H3,(H,34,35). The monoisotopic (exact) mass is 595 g/mol. The number of halogens is 1. The predicted octanol–water partition coefficient (Wildman–Crippen LogP) is 6.60. The zero-order valence-electron chi connectivity index (χ0n) is 20.9. The maximum atomic E-state index is 13.5. The molecule has 2 aliphatic heterocycles. The molecule has 2 aromatic carbocycles. The maximum absolute atomic E-state index is 13.5. The van der Waals surface area contributed by atoms with Crippen LogP contribution in [0, 0.1) is 13.8 Å². The van der Waals surface area contributed by atoms with E-state index >= 15 is 0 Å². The average molecular weight is 595 g/mol. The van der Waals surface area contributed by atoms with Crippen molar-refractivity contribution in [3.63, 3.8) is 0 Å². The van der Waals surface area contributed by atoms with Crippen molar-refractivity contribution in [2.75, 3.05) is 4.43 Å². The Morgan fingerprint density at radius 1 is 1.31 bits per heavy atom. The first-order chi connectivity index (χ1) is 17.1. The normalized spacial score (nSPS) is 20.3. The number of carboxylic acids is 1. The number of fused-ring (bicyclic) bond motifs is 2. The van der Waals surface area contributed by atoms with E-state index in [1.807, 2.05) is 62.4 Å². The van der Waals surface area contributed by atoms with E-state index in [1.54, 1.807) is 6.92 Å². The number of nitrogens with one attached hydrogen (secondary N) is 1. The minimum atomic E-state index is -1.71. The Morgan fingerprint density at radius 2 is 2.08 bits per heavy atom. The van der Waals surface area contributed by atoms with Crippen molar-refractivity contribution in [2.45, 2.75) is 43.6 Å². The van der Waals surface area contributed by atoms with Gasteiger partial charge in [-0.2, -0.15) is 0 Å². The van der Waals surface area contributed by atoms with Crippen LogP contribution < -0.4 is 10.7 Å². The van der Waals surface area contributed by atoms with Crippen LogP contribution >= 0.6 is 19.8 Å². The molecule has 0 amide bonds. The van der Waals surface area contributed by atoms with Crippen LogP contribution in [0.4, 0.5) is 0 Å². The summed E-state index contributed by atoms with van der Waals surface area (Å²) in [5, 5.41) is 13.9. The SMILES string of the molecule is C=CCc1cccc(-c2oc3c(C(C)NC4=C(C(=O)O)I5CC5(C)C=C4)cc(C)cc3c(=O)c2C)c1. The molecule has 186 valence electrons. The summed E-state index contributed by atoms with van der Waals surface area (Å²) < 4.78 is 8.19. The van der Waals surface area contributed by atoms with Crippen molar-refractivity contribution in [1.29, 1.82) is 0 Å². The van der Waals surface area contributed by atoms with Crippen LogP contribution in [0.15, 0.2) is 79.7 Å². The quantitative estimate of drug-likeness (QED) is 0.183. The van der Waals surface area contributed by atoms with E-state index in [0.29, 0.717) is 31.6 Å². The third-order valence-corrected chi connectivity index (χ3v) is 14.4. The fourth-order valence-corrected chi connectivity index (χ4v) is 11.3. The molecule has 0 radical (unpaired) electrons. The van der Waals surface area contributed by atoms with Gasteiger partial charge < -0.3 is 0 Å². The van der Waals surface area contributed by atoms with Gasteiger partial charge >= 0.3 is 206 Å². The minimum absolute atomic E-state index is 0.0531. The summed E-state index contributed by atoms with van der Waals surface area (Å²) >= 11 is -1.71. The van der Waals surface area contributed by atoms with E-state index in [1.165, 1.54) is 0 Å². The number of aryl methyl sites for hydroxylation is 1. The molecule has 2 unspecified atom stereocenters. The number of hydrogen-bond donors (Lipinski definition) is 2. The van der Waals surface area contributed by atoms with E-state index in [9.17, 15) is 14.7 Å². The third-order valence-electron chi connectivity index (χ3n) is 6.89. The summed E-state index contributed by atoms with van der Waals surface area (Å²) in [6.07, 6.45) is 6.68. The van der Waals surface area contributed by atoms with Gasteiger partial charge in [-0.1, -0.05) is 6.08 Å². The molecule has 2 N–H and O–H groups in total. The summed E-state index contributed by atoms with van der Waals surface area (Å²) in [5.74, 6) is -0.262. The Hall–Kier alpha value is -3.13. The summed E-state index contributed by atoms with van der Waals surface area (Å²) in [6, 6.07) is 11.6. The number of rotatable bonds is 7.